The van der Waals surface area contributed by atoms with Gasteiger partial charge in [-0.05, 0) is 24.8 Å². The molecule has 0 aromatic carbocycles. The molecule has 0 amide bonds. The third kappa shape index (κ3) is 0.556. The van der Waals surface area contributed by atoms with Crippen molar-refractivity contribution in [2.24, 2.45) is 11.3 Å². The van der Waals surface area contributed by atoms with E-state index in [4.69, 9.17) is 0 Å². The molecule has 3 rings (SSSR count). The van der Waals surface area contributed by atoms with Crippen molar-refractivity contribution in [3.63, 3.8) is 0 Å². The second kappa shape index (κ2) is 1.82. The van der Waals surface area contributed by atoms with Gasteiger partial charge in [-0.3, -0.25) is 0 Å². The second-order valence-corrected chi connectivity index (χ2v) is 4.00. The summed E-state index contributed by atoms with van der Waals surface area (Å²) in [6.45, 7) is 2.26. The minimum absolute atomic E-state index is 0.448. The van der Waals surface area contributed by atoms with Crippen LogP contribution in [0.15, 0.2) is 47.6 Å². The van der Waals surface area contributed by atoms with Gasteiger partial charge in [0.25, 0.3) is 0 Å². The first-order valence-electron chi connectivity index (χ1n) is 4.58. The summed E-state index contributed by atoms with van der Waals surface area (Å²) in [4.78, 5) is 0. The fourth-order valence-electron chi connectivity index (χ4n) is 2.62. The van der Waals surface area contributed by atoms with Crippen LogP contribution in [0.1, 0.15) is 13.3 Å². The van der Waals surface area contributed by atoms with E-state index in [1.807, 2.05) is 0 Å². The SMILES string of the molecule is CC1=CC=CC2=CC=CC3CC123. The summed E-state index contributed by atoms with van der Waals surface area (Å²) in [5.74, 6) is 0.804. The fraction of sp³-hybridized carbons (Fsp3) is 0.333. The molecule has 0 N–H and O–H groups in total. The van der Waals surface area contributed by atoms with E-state index >= 15 is 0 Å². The minimum Gasteiger partial charge on any atom is -0.0801 e. The Bertz CT molecular complexity index is 352. The lowest BCUT2D eigenvalue weighted by molar-refractivity contribution is 0.684. The molecule has 0 radical (unpaired) electrons. The van der Waals surface area contributed by atoms with Crippen LogP contribution in [0.2, 0.25) is 0 Å². The van der Waals surface area contributed by atoms with E-state index in [0.29, 0.717) is 5.41 Å². The Labute approximate surface area is 73.0 Å². The van der Waals surface area contributed by atoms with Crippen LogP contribution < -0.4 is 0 Å². The summed E-state index contributed by atoms with van der Waals surface area (Å²) < 4.78 is 0. The Balaban J connectivity index is 2.19. The average molecular weight is 156 g/mol. The Morgan fingerprint density at radius 3 is 3.08 bits per heavy atom. The van der Waals surface area contributed by atoms with E-state index < -0.39 is 0 Å². The lowest BCUT2D eigenvalue weighted by Crippen LogP contribution is -2.12. The molecule has 1 fully saturated rings. The van der Waals surface area contributed by atoms with E-state index in [0.717, 1.165) is 5.92 Å². The van der Waals surface area contributed by atoms with Crippen LogP contribution in [-0.2, 0) is 0 Å². The summed E-state index contributed by atoms with van der Waals surface area (Å²) in [5.41, 5.74) is 3.52. The number of rotatable bonds is 0. The van der Waals surface area contributed by atoms with Crippen molar-refractivity contribution in [3.8, 4) is 0 Å². The first kappa shape index (κ1) is 6.47. The molecule has 1 spiro atoms. The zero-order valence-electron chi connectivity index (χ0n) is 7.25. The molecule has 0 aromatic heterocycles. The molecule has 2 atom stereocenters. The largest absolute Gasteiger partial charge is 0.0801 e. The first-order valence-corrected chi connectivity index (χ1v) is 4.58. The Hall–Kier alpha value is -1.04. The summed E-state index contributed by atoms with van der Waals surface area (Å²) in [6, 6.07) is 0. The van der Waals surface area contributed by atoms with Gasteiger partial charge < -0.3 is 0 Å². The zero-order valence-corrected chi connectivity index (χ0v) is 7.25. The molecule has 60 valence electrons. The van der Waals surface area contributed by atoms with Gasteiger partial charge in [0.05, 0.1) is 0 Å². The van der Waals surface area contributed by atoms with Crippen LogP contribution in [0, 0.1) is 11.3 Å². The van der Waals surface area contributed by atoms with Crippen molar-refractivity contribution >= 4 is 0 Å². The average Bonchev–Trinajstić information content (AvgIpc) is 2.79. The summed E-state index contributed by atoms with van der Waals surface area (Å²) in [7, 11) is 0. The van der Waals surface area contributed by atoms with Crippen LogP contribution in [0.25, 0.3) is 0 Å². The van der Waals surface area contributed by atoms with Crippen molar-refractivity contribution in [3.05, 3.63) is 47.6 Å². The standard InChI is InChI=1S/C12H12/c1-9-4-2-5-10-6-3-7-11-8-12(9,10)11/h2-7,11H,8H2,1H3. The van der Waals surface area contributed by atoms with Crippen molar-refractivity contribution in [2.75, 3.05) is 0 Å². The van der Waals surface area contributed by atoms with Gasteiger partial charge in [-0.25, -0.2) is 0 Å². The van der Waals surface area contributed by atoms with Crippen LogP contribution in [0.3, 0.4) is 0 Å². The quantitative estimate of drug-likeness (QED) is 0.505. The maximum absolute atomic E-state index is 2.35. The molecule has 3 aliphatic rings. The molecule has 0 bridgehead atoms. The molecular weight excluding hydrogens is 144 g/mol. The van der Waals surface area contributed by atoms with Gasteiger partial charge >= 0.3 is 0 Å². The molecule has 0 saturated heterocycles. The number of allylic oxidation sites excluding steroid dienone is 8. The van der Waals surface area contributed by atoms with Gasteiger partial charge in [0.2, 0.25) is 0 Å². The van der Waals surface area contributed by atoms with Crippen molar-refractivity contribution in [1.82, 2.24) is 0 Å². The van der Waals surface area contributed by atoms with E-state index in [1.165, 1.54) is 12.0 Å². The molecule has 3 aliphatic carbocycles. The van der Waals surface area contributed by atoms with E-state index in [9.17, 15) is 0 Å². The van der Waals surface area contributed by atoms with E-state index in [1.54, 1.807) is 5.57 Å². The van der Waals surface area contributed by atoms with Crippen LogP contribution in [-0.4, -0.2) is 0 Å². The van der Waals surface area contributed by atoms with Crippen LogP contribution in [0.5, 0.6) is 0 Å². The van der Waals surface area contributed by atoms with Crippen LogP contribution in [0.4, 0.5) is 0 Å². The fourth-order valence-corrected chi connectivity index (χ4v) is 2.62. The van der Waals surface area contributed by atoms with Crippen molar-refractivity contribution in [2.45, 2.75) is 13.3 Å². The molecule has 0 heterocycles. The maximum Gasteiger partial charge on any atom is 0.0231 e. The number of hydrogen-bond donors (Lipinski definition) is 0. The molecule has 2 unspecified atom stereocenters. The molecule has 12 heavy (non-hydrogen) atoms. The topological polar surface area (TPSA) is 0 Å². The third-order valence-corrected chi connectivity index (χ3v) is 3.47. The van der Waals surface area contributed by atoms with Gasteiger partial charge in [0.1, 0.15) is 0 Å². The first-order chi connectivity index (χ1) is 5.84. The predicted molar refractivity (Wildman–Crippen MR) is 50.7 cm³/mol. The second-order valence-electron chi connectivity index (χ2n) is 4.00. The van der Waals surface area contributed by atoms with E-state index in [-0.39, 0.29) is 0 Å². The Morgan fingerprint density at radius 2 is 2.25 bits per heavy atom. The minimum atomic E-state index is 0.448. The Morgan fingerprint density at radius 1 is 1.33 bits per heavy atom. The van der Waals surface area contributed by atoms with Gasteiger partial charge in [0, 0.05) is 5.41 Å². The van der Waals surface area contributed by atoms with Crippen molar-refractivity contribution in [1.29, 1.82) is 0 Å². The summed E-state index contributed by atoms with van der Waals surface area (Å²) in [6.07, 6.45) is 14.8. The molecule has 0 nitrogen and oxygen atoms in total. The number of hydrogen-bond acceptors (Lipinski definition) is 0. The highest BCUT2D eigenvalue weighted by Crippen LogP contribution is 2.65. The van der Waals surface area contributed by atoms with Gasteiger partial charge in [0.15, 0.2) is 0 Å². The Kier molecular flexibility index (Phi) is 0.982. The molecular formula is C12H12. The smallest absolute Gasteiger partial charge is 0.0231 e. The highest BCUT2D eigenvalue weighted by atomic mass is 14.6. The van der Waals surface area contributed by atoms with Gasteiger partial charge in [-0.15, -0.1) is 0 Å². The van der Waals surface area contributed by atoms with E-state index in [2.05, 4.69) is 43.4 Å². The monoisotopic (exact) mass is 156 g/mol. The maximum atomic E-state index is 2.35. The lowest BCUT2D eigenvalue weighted by atomic mass is 9.80. The third-order valence-electron chi connectivity index (χ3n) is 3.47. The molecule has 0 aliphatic heterocycles. The molecule has 1 saturated carbocycles. The molecule has 0 heteroatoms. The molecule has 0 aromatic rings. The zero-order chi connectivity index (χ0) is 8.18. The van der Waals surface area contributed by atoms with Gasteiger partial charge in [-0.1, -0.05) is 42.0 Å². The highest BCUT2D eigenvalue weighted by Gasteiger charge is 2.56. The highest BCUT2D eigenvalue weighted by molar-refractivity contribution is 5.54. The van der Waals surface area contributed by atoms with Crippen molar-refractivity contribution < 1.29 is 0 Å². The van der Waals surface area contributed by atoms with Gasteiger partial charge in [-0.2, -0.15) is 0 Å². The normalized spacial score (nSPS) is 41.2. The van der Waals surface area contributed by atoms with Crippen LogP contribution >= 0.6 is 0 Å². The summed E-state index contributed by atoms with van der Waals surface area (Å²) in [5, 5.41) is 0. The summed E-state index contributed by atoms with van der Waals surface area (Å²) >= 11 is 0. The lowest BCUT2D eigenvalue weighted by Gasteiger charge is -2.24. The predicted octanol–water partition coefficient (Wildman–Crippen LogP) is 3.01.